The molecule has 7 heteroatoms. The minimum atomic E-state index is -3.17. The maximum absolute atomic E-state index is 12.2. The third kappa shape index (κ3) is 4.57. The van der Waals surface area contributed by atoms with Gasteiger partial charge in [-0.25, -0.2) is 12.7 Å². The van der Waals surface area contributed by atoms with Gasteiger partial charge < -0.3 is 9.30 Å². The zero-order chi connectivity index (χ0) is 17.2. The van der Waals surface area contributed by atoms with Crippen LogP contribution >= 0.6 is 0 Å². The molecule has 6 nitrogen and oxygen atoms in total. The number of piperidine rings is 1. The highest BCUT2D eigenvalue weighted by Crippen LogP contribution is 2.21. The first-order valence-corrected chi connectivity index (χ1v) is 9.62. The third-order valence-electron chi connectivity index (χ3n) is 4.12. The Hall–Kier alpha value is -1.34. The first-order valence-electron chi connectivity index (χ1n) is 8.01. The van der Waals surface area contributed by atoms with Gasteiger partial charge in [-0.1, -0.05) is 13.8 Å². The number of hydrogen-bond donors (Lipinski definition) is 0. The van der Waals surface area contributed by atoms with E-state index in [-0.39, 0.29) is 23.3 Å². The van der Waals surface area contributed by atoms with Crippen LogP contribution < -0.4 is 10.3 Å². The average molecular weight is 342 g/mol. The second-order valence-electron chi connectivity index (χ2n) is 6.62. The van der Waals surface area contributed by atoms with Crippen LogP contribution in [0.4, 0.5) is 0 Å². The summed E-state index contributed by atoms with van der Waals surface area (Å²) in [5.74, 6) is 0.874. The predicted molar refractivity (Wildman–Crippen MR) is 90.3 cm³/mol. The summed E-state index contributed by atoms with van der Waals surface area (Å²) in [4.78, 5) is 11.8. The Bertz CT molecular complexity index is 701. The van der Waals surface area contributed by atoms with Crippen LogP contribution in [0.2, 0.25) is 0 Å². The zero-order valence-electron chi connectivity index (χ0n) is 14.3. The molecule has 1 fully saturated rings. The number of pyridine rings is 1. The van der Waals surface area contributed by atoms with Gasteiger partial charge in [0.25, 0.3) is 5.56 Å². The van der Waals surface area contributed by atoms with Gasteiger partial charge >= 0.3 is 0 Å². The second-order valence-corrected chi connectivity index (χ2v) is 8.63. The van der Waals surface area contributed by atoms with Crippen LogP contribution in [0.15, 0.2) is 16.9 Å². The summed E-state index contributed by atoms with van der Waals surface area (Å²) in [6, 6.07) is 3.32. The van der Waals surface area contributed by atoms with E-state index < -0.39 is 10.0 Å². The summed E-state index contributed by atoms with van der Waals surface area (Å²) in [6.07, 6.45) is 1.24. The Morgan fingerprint density at radius 3 is 2.39 bits per heavy atom. The van der Waals surface area contributed by atoms with E-state index in [1.54, 1.807) is 15.9 Å². The highest BCUT2D eigenvalue weighted by molar-refractivity contribution is 7.89. The van der Waals surface area contributed by atoms with Gasteiger partial charge in [-0.3, -0.25) is 4.79 Å². The molecule has 0 atom stereocenters. The van der Waals surface area contributed by atoms with Gasteiger partial charge in [-0.2, -0.15) is 0 Å². The first-order chi connectivity index (χ1) is 10.7. The fourth-order valence-corrected chi connectivity index (χ4v) is 4.57. The summed E-state index contributed by atoms with van der Waals surface area (Å²) in [7, 11) is -1.45. The molecule has 0 bridgehead atoms. The largest absolute Gasteiger partial charge is 0.490 e. The number of nitrogens with zero attached hydrogens (tertiary/aromatic N) is 2. The summed E-state index contributed by atoms with van der Waals surface area (Å²) < 4.78 is 33.5. The number of aryl methyl sites for hydroxylation is 1. The standard InChI is InChI=1S/C16H26N2O4S/c1-12(2)11-23(20,21)18-7-5-14(6-8-18)22-15-9-13(3)17(4)16(19)10-15/h9-10,12,14H,5-8,11H2,1-4H3. The minimum absolute atomic E-state index is 0.0491. The van der Waals surface area contributed by atoms with Crippen LogP contribution in [0.25, 0.3) is 0 Å². The molecule has 0 saturated carbocycles. The molecule has 0 radical (unpaired) electrons. The topological polar surface area (TPSA) is 68.6 Å². The molecule has 1 saturated heterocycles. The van der Waals surface area contributed by atoms with E-state index in [2.05, 4.69) is 0 Å². The Balaban J connectivity index is 1.96. The van der Waals surface area contributed by atoms with Crippen molar-refractivity contribution < 1.29 is 13.2 Å². The summed E-state index contributed by atoms with van der Waals surface area (Å²) in [5, 5.41) is 0. The third-order valence-corrected chi connectivity index (χ3v) is 6.36. The van der Waals surface area contributed by atoms with Gasteiger partial charge in [0, 0.05) is 31.9 Å². The van der Waals surface area contributed by atoms with Crippen LogP contribution in [-0.2, 0) is 17.1 Å². The maximum Gasteiger partial charge on any atom is 0.254 e. The molecule has 0 spiro atoms. The van der Waals surface area contributed by atoms with E-state index in [1.807, 2.05) is 26.8 Å². The Morgan fingerprint density at radius 2 is 1.87 bits per heavy atom. The molecule has 130 valence electrons. The van der Waals surface area contributed by atoms with Crippen molar-refractivity contribution in [3.63, 3.8) is 0 Å². The quantitative estimate of drug-likeness (QED) is 0.814. The Kier molecular flexibility index (Phi) is 5.52. The minimum Gasteiger partial charge on any atom is -0.490 e. The van der Waals surface area contributed by atoms with Gasteiger partial charge in [0.15, 0.2) is 0 Å². The predicted octanol–water partition coefficient (Wildman–Crippen LogP) is 1.52. The molecule has 1 aliphatic heterocycles. The monoisotopic (exact) mass is 342 g/mol. The van der Waals surface area contributed by atoms with Crippen molar-refractivity contribution in [3.05, 3.63) is 28.2 Å². The molecule has 2 heterocycles. The van der Waals surface area contributed by atoms with Crippen LogP contribution in [0.5, 0.6) is 5.75 Å². The highest BCUT2D eigenvalue weighted by atomic mass is 32.2. The Labute approximate surface area is 138 Å². The van der Waals surface area contributed by atoms with E-state index in [9.17, 15) is 13.2 Å². The van der Waals surface area contributed by atoms with Gasteiger partial charge in [-0.05, 0) is 31.7 Å². The van der Waals surface area contributed by atoms with E-state index in [4.69, 9.17) is 4.74 Å². The SMILES string of the molecule is Cc1cc(OC2CCN(S(=O)(=O)CC(C)C)CC2)cc(=O)n1C. The van der Waals surface area contributed by atoms with Crippen molar-refractivity contribution in [1.29, 1.82) is 0 Å². The molecule has 0 amide bonds. The number of ether oxygens (including phenoxy) is 1. The number of hydrogen-bond acceptors (Lipinski definition) is 4. The highest BCUT2D eigenvalue weighted by Gasteiger charge is 2.29. The van der Waals surface area contributed by atoms with Crippen LogP contribution in [0.3, 0.4) is 0 Å². The van der Waals surface area contributed by atoms with Crippen molar-refractivity contribution >= 4 is 10.0 Å². The number of aromatic nitrogens is 1. The Morgan fingerprint density at radius 1 is 1.26 bits per heavy atom. The van der Waals surface area contributed by atoms with Crippen molar-refractivity contribution in [3.8, 4) is 5.75 Å². The molecule has 0 aliphatic carbocycles. The van der Waals surface area contributed by atoms with E-state index >= 15 is 0 Å². The van der Waals surface area contributed by atoms with Crippen molar-refractivity contribution in [2.24, 2.45) is 13.0 Å². The lowest BCUT2D eigenvalue weighted by molar-refractivity contribution is 0.134. The molecule has 0 unspecified atom stereocenters. The van der Waals surface area contributed by atoms with Gasteiger partial charge in [0.05, 0.1) is 5.75 Å². The van der Waals surface area contributed by atoms with Gasteiger partial charge in [0.2, 0.25) is 10.0 Å². The van der Waals surface area contributed by atoms with Crippen molar-refractivity contribution in [2.45, 2.75) is 39.7 Å². The van der Waals surface area contributed by atoms with E-state index in [0.29, 0.717) is 31.7 Å². The van der Waals surface area contributed by atoms with E-state index in [0.717, 1.165) is 5.69 Å². The molecule has 0 N–H and O–H groups in total. The summed E-state index contributed by atoms with van der Waals surface area (Å²) >= 11 is 0. The fraction of sp³-hybridized carbons (Fsp3) is 0.688. The van der Waals surface area contributed by atoms with E-state index in [1.165, 1.54) is 6.07 Å². The van der Waals surface area contributed by atoms with Crippen LogP contribution in [0, 0.1) is 12.8 Å². The first kappa shape index (κ1) is 18.0. The van der Waals surface area contributed by atoms with Crippen molar-refractivity contribution in [2.75, 3.05) is 18.8 Å². The van der Waals surface area contributed by atoms with Crippen LogP contribution in [0.1, 0.15) is 32.4 Å². The number of sulfonamides is 1. The molecule has 1 aliphatic rings. The lowest BCUT2D eigenvalue weighted by atomic mass is 10.1. The smallest absolute Gasteiger partial charge is 0.254 e. The average Bonchev–Trinajstić information content (AvgIpc) is 2.44. The van der Waals surface area contributed by atoms with Crippen molar-refractivity contribution in [1.82, 2.24) is 8.87 Å². The fourth-order valence-electron chi connectivity index (χ4n) is 2.75. The van der Waals surface area contributed by atoms with Crippen LogP contribution in [-0.4, -0.2) is 42.2 Å². The second kappa shape index (κ2) is 7.05. The maximum atomic E-state index is 12.2. The van der Waals surface area contributed by atoms with Gasteiger partial charge in [0.1, 0.15) is 11.9 Å². The van der Waals surface area contributed by atoms with Gasteiger partial charge in [-0.15, -0.1) is 0 Å². The summed E-state index contributed by atoms with van der Waals surface area (Å²) in [5.41, 5.74) is 0.737. The molecule has 0 aromatic carbocycles. The summed E-state index contributed by atoms with van der Waals surface area (Å²) in [6.45, 7) is 6.62. The normalized spacial score (nSPS) is 17.6. The zero-order valence-corrected chi connectivity index (χ0v) is 15.1. The molecular weight excluding hydrogens is 316 g/mol. The number of rotatable bonds is 5. The molecule has 1 aromatic heterocycles. The molecule has 1 aromatic rings. The molecular formula is C16H26N2O4S. The lowest BCUT2D eigenvalue weighted by Gasteiger charge is -2.31. The molecule has 23 heavy (non-hydrogen) atoms. The lowest BCUT2D eigenvalue weighted by Crippen LogP contribution is -2.43. The molecule has 2 rings (SSSR count).